The molecule has 134 valence electrons. The average Bonchev–Trinajstić information content (AvgIpc) is 2.58. The van der Waals surface area contributed by atoms with Crippen molar-refractivity contribution in [3.63, 3.8) is 0 Å². The van der Waals surface area contributed by atoms with Crippen molar-refractivity contribution >= 4 is 17.5 Å². The monoisotopic (exact) mass is 347 g/mol. The molecule has 0 unspecified atom stereocenters. The number of anilines is 3. The molecule has 0 saturated heterocycles. The van der Waals surface area contributed by atoms with Crippen LogP contribution in [0.4, 0.5) is 17.5 Å². The van der Waals surface area contributed by atoms with Crippen molar-refractivity contribution in [2.75, 3.05) is 10.6 Å². The molecule has 5 nitrogen and oxygen atoms in total. The van der Waals surface area contributed by atoms with E-state index < -0.39 is 0 Å². The quantitative estimate of drug-likeness (QED) is 0.687. The summed E-state index contributed by atoms with van der Waals surface area (Å²) in [5, 5.41) is 6.78. The predicted molar refractivity (Wildman–Crippen MR) is 108 cm³/mol. The molecular formula is C21H25N5. The minimum absolute atomic E-state index is 0.140. The van der Waals surface area contributed by atoms with E-state index in [4.69, 9.17) is 0 Å². The molecule has 5 heteroatoms. The van der Waals surface area contributed by atoms with Crippen LogP contribution < -0.4 is 10.6 Å². The highest BCUT2D eigenvalue weighted by Crippen LogP contribution is 2.26. The molecule has 2 aromatic heterocycles. The molecule has 0 fully saturated rings. The Bertz CT molecular complexity index is 898. The van der Waals surface area contributed by atoms with Gasteiger partial charge in [0.2, 0.25) is 5.95 Å². The van der Waals surface area contributed by atoms with Gasteiger partial charge in [-0.15, -0.1) is 0 Å². The maximum absolute atomic E-state index is 4.65. The molecule has 0 aliphatic rings. The molecule has 0 bridgehead atoms. The molecule has 0 atom stereocenters. The second-order valence-corrected chi connectivity index (χ2v) is 7.42. The van der Waals surface area contributed by atoms with E-state index in [0.29, 0.717) is 5.95 Å². The highest BCUT2D eigenvalue weighted by Gasteiger charge is 2.14. The third-order valence-electron chi connectivity index (χ3n) is 4.01. The van der Waals surface area contributed by atoms with Crippen LogP contribution in [-0.2, 0) is 0 Å². The van der Waals surface area contributed by atoms with Crippen LogP contribution in [0.3, 0.4) is 0 Å². The Balaban J connectivity index is 2.03. The number of benzene rings is 1. The molecule has 2 N–H and O–H groups in total. The first kappa shape index (κ1) is 17.9. The number of aromatic nitrogens is 3. The smallest absolute Gasteiger partial charge is 0.225 e. The highest BCUT2D eigenvalue weighted by atomic mass is 15.2. The fourth-order valence-corrected chi connectivity index (χ4v) is 2.57. The van der Waals surface area contributed by atoms with E-state index in [9.17, 15) is 0 Å². The van der Waals surface area contributed by atoms with E-state index in [2.05, 4.69) is 72.3 Å². The van der Waals surface area contributed by atoms with Crippen LogP contribution in [-0.4, -0.2) is 20.5 Å². The Morgan fingerprint density at radius 2 is 1.69 bits per heavy atom. The first-order valence-corrected chi connectivity index (χ1v) is 8.74. The van der Waals surface area contributed by atoms with Crippen molar-refractivity contribution < 1.29 is 0 Å². The van der Waals surface area contributed by atoms with Gasteiger partial charge >= 0.3 is 0 Å². The first-order valence-electron chi connectivity index (χ1n) is 8.74. The number of pyridine rings is 1. The number of rotatable bonds is 4. The largest absolute Gasteiger partial charge is 0.350 e. The second kappa shape index (κ2) is 7.12. The molecular weight excluding hydrogens is 322 g/mol. The van der Waals surface area contributed by atoms with Gasteiger partial charge in [-0.3, -0.25) is 4.98 Å². The summed E-state index contributed by atoms with van der Waals surface area (Å²) in [5.41, 5.74) is 4.94. The zero-order valence-corrected chi connectivity index (χ0v) is 16.0. The topological polar surface area (TPSA) is 62.7 Å². The van der Waals surface area contributed by atoms with Crippen LogP contribution in [0.1, 0.15) is 31.9 Å². The second-order valence-electron chi connectivity index (χ2n) is 7.42. The number of nitrogens with one attached hydrogen (secondary N) is 2. The van der Waals surface area contributed by atoms with Gasteiger partial charge in [0.15, 0.2) is 0 Å². The first-order chi connectivity index (χ1) is 12.3. The SMILES string of the molecule is Cc1cccc(Nc2cc(-c3ccccn3)nc(NC(C)(C)C)n2)c1C. The van der Waals surface area contributed by atoms with Crippen molar-refractivity contribution in [3.8, 4) is 11.4 Å². The lowest BCUT2D eigenvalue weighted by Gasteiger charge is -2.21. The summed E-state index contributed by atoms with van der Waals surface area (Å²) < 4.78 is 0. The number of aryl methyl sites for hydroxylation is 1. The van der Waals surface area contributed by atoms with E-state index >= 15 is 0 Å². The lowest BCUT2D eigenvalue weighted by atomic mass is 10.1. The van der Waals surface area contributed by atoms with Gasteiger partial charge in [-0.05, 0) is 63.9 Å². The van der Waals surface area contributed by atoms with E-state index in [0.717, 1.165) is 22.9 Å². The summed E-state index contributed by atoms with van der Waals surface area (Å²) >= 11 is 0. The Morgan fingerprint density at radius 1 is 0.885 bits per heavy atom. The molecule has 3 aromatic rings. The minimum Gasteiger partial charge on any atom is -0.350 e. The Kier molecular flexibility index (Phi) is 4.89. The summed E-state index contributed by atoms with van der Waals surface area (Å²) in [4.78, 5) is 13.7. The van der Waals surface area contributed by atoms with Crippen LogP contribution in [0.25, 0.3) is 11.4 Å². The van der Waals surface area contributed by atoms with Crippen molar-refractivity contribution in [1.82, 2.24) is 15.0 Å². The standard InChI is InChI=1S/C21H25N5/c1-14-9-8-11-16(15(14)2)23-19-13-18(17-10-6-7-12-22-17)24-20(25-19)26-21(3,4)5/h6-13H,1-5H3,(H2,23,24,25,26). The van der Waals surface area contributed by atoms with Gasteiger partial charge in [0.05, 0.1) is 11.4 Å². The molecule has 0 amide bonds. The van der Waals surface area contributed by atoms with Crippen molar-refractivity contribution in [3.05, 3.63) is 59.8 Å². The molecule has 0 aliphatic carbocycles. The van der Waals surface area contributed by atoms with Crippen LogP contribution in [0.15, 0.2) is 48.7 Å². The van der Waals surface area contributed by atoms with Crippen LogP contribution in [0.2, 0.25) is 0 Å². The molecule has 3 rings (SSSR count). The zero-order chi connectivity index (χ0) is 18.7. The number of nitrogens with zero attached hydrogens (tertiary/aromatic N) is 3. The Hall–Kier alpha value is -2.95. The summed E-state index contributed by atoms with van der Waals surface area (Å²) in [6, 6.07) is 13.9. The van der Waals surface area contributed by atoms with Gasteiger partial charge in [-0.2, -0.15) is 4.98 Å². The normalized spacial score (nSPS) is 11.3. The maximum atomic E-state index is 4.65. The molecule has 0 radical (unpaired) electrons. The number of hydrogen-bond acceptors (Lipinski definition) is 5. The minimum atomic E-state index is -0.140. The van der Waals surface area contributed by atoms with Gasteiger partial charge in [-0.1, -0.05) is 18.2 Å². The summed E-state index contributed by atoms with van der Waals surface area (Å²) in [6.07, 6.45) is 1.77. The molecule has 1 aromatic carbocycles. The van der Waals surface area contributed by atoms with E-state index in [1.54, 1.807) is 6.20 Å². The van der Waals surface area contributed by atoms with Crippen molar-refractivity contribution in [2.24, 2.45) is 0 Å². The van der Waals surface area contributed by atoms with Gasteiger partial charge < -0.3 is 10.6 Å². The zero-order valence-electron chi connectivity index (χ0n) is 16.0. The summed E-state index contributed by atoms with van der Waals surface area (Å²) in [5.74, 6) is 1.31. The molecule has 2 heterocycles. The molecule has 26 heavy (non-hydrogen) atoms. The Morgan fingerprint density at radius 3 is 2.38 bits per heavy atom. The van der Waals surface area contributed by atoms with Crippen LogP contribution in [0.5, 0.6) is 0 Å². The van der Waals surface area contributed by atoms with Crippen LogP contribution >= 0.6 is 0 Å². The fraction of sp³-hybridized carbons (Fsp3) is 0.286. The van der Waals surface area contributed by atoms with Gasteiger partial charge in [-0.25, -0.2) is 4.98 Å². The molecule has 0 spiro atoms. The lowest BCUT2D eigenvalue weighted by molar-refractivity contribution is 0.626. The third-order valence-corrected chi connectivity index (χ3v) is 4.01. The van der Waals surface area contributed by atoms with E-state index in [1.807, 2.05) is 30.3 Å². The van der Waals surface area contributed by atoms with Crippen molar-refractivity contribution in [1.29, 1.82) is 0 Å². The van der Waals surface area contributed by atoms with E-state index in [-0.39, 0.29) is 5.54 Å². The Labute approximate surface area is 154 Å². The maximum Gasteiger partial charge on any atom is 0.225 e. The number of hydrogen-bond donors (Lipinski definition) is 2. The third kappa shape index (κ3) is 4.36. The van der Waals surface area contributed by atoms with Crippen LogP contribution in [0, 0.1) is 13.8 Å². The molecule has 0 saturated carbocycles. The highest BCUT2D eigenvalue weighted by molar-refractivity contribution is 5.67. The van der Waals surface area contributed by atoms with Gasteiger partial charge in [0.1, 0.15) is 5.82 Å². The van der Waals surface area contributed by atoms with Gasteiger partial charge in [0.25, 0.3) is 0 Å². The van der Waals surface area contributed by atoms with Crippen molar-refractivity contribution in [2.45, 2.75) is 40.2 Å². The summed E-state index contributed by atoms with van der Waals surface area (Å²) in [6.45, 7) is 10.5. The predicted octanol–water partition coefficient (Wildman–Crippen LogP) is 5.11. The fourth-order valence-electron chi connectivity index (χ4n) is 2.57. The average molecular weight is 347 g/mol. The lowest BCUT2D eigenvalue weighted by Crippen LogP contribution is -2.27. The summed E-state index contributed by atoms with van der Waals surface area (Å²) in [7, 11) is 0. The molecule has 0 aliphatic heterocycles. The van der Waals surface area contributed by atoms with E-state index in [1.165, 1.54) is 11.1 Å². The van der Waals surface area contributed by atoms with Gasteiger partial charge in [0, 0.05) is 23.5 Å².